The van der Waals surface area contributed by atoms with E-state index in [1.807, 2.05) is 18.2 Å². The van der Waals surface area contributed by atoms with Gasteiger partial charge in [-0.2, -0.15) is 5.11 Å². The molecule has 3 N–H and O–H groups in total. The van der Waals surface area contributed by atoms with Gasteiger partial charge >= 0.3 is 0 Å². The van der Waals surface area contributed by atoms with E-state index >= 15 is 0 Å². The van der Waals surface area contributed by atoms with Crippen molar-refractivity contribution in [3.63, 3.8) is 0 Å². The van der Waals surface area contributed by atoms with E-state index in [1.165, 1.54) is 5.56 Å². The zero-order chi connectivity index (χ0) is 9.36. The highest BCUT2D eigenvalue weighted by atomic mass is 15.3. The van der Waals surface area contributed by atoms with Crippen molar-refractivity contribution < 1.29 is 0 Å². The summed E-state index contributed by atoms with van der Waals surface area (Å²) < 4.78 is 0. The number of nitrogens with one attached hydrogen (secondary N) is 1. The highest BCUT2D eigenvalue weighted by Gasteiger charge is 1.88. The topological polar surface area (TPSA) is 62.8 Å². The van der Waals surface area contributed by atoms with Crippen molar-refractivity contribution in [1.82, 2.24) is 5.32 Å². The fourth-order valence-corrected chi connectivity index (χ4v) is 1.02. The number of hydrogen-bond acceptors (Lipinski definition) is 3. The molecular formula is C9H14N4. The van der Waals surface area contributed by atoms with Crippen molar-refractivity contribution in [2.45, 2.75) is 6.54 Å². The SMILES string of the molecule is NN=NCCNCc1ccccc1. The van der Waals surface area contributed by atoms with Crippen LogP contribution in [0.4, 0.5) is 0 Å². The number of nitrogens with two attached hydrogens (primary N) is 1. The second-order valence-electron chi connectivity index (χ2n) is 2.64. The van der Waals surface area contributed by atoms with Crippen molar-refractivity contribution in [2.75, 3.05) is 13.1 Å². The maximum Gasteiger partial charge on any atom is 0.0744 e. The van der Waals surface area contributed by atoms with Crippen molar-refractivity contribution in [2.24, 2.45) is 16.2 Å². The number of nitrogens with zero attached hydrogens (tertiary/aromatic N) is 2. The third-order valence-electron chi connectivity index (χ3n) is 1.64. The summed E-state index contributed by atoms with van der Waals surface area (Å²) in [4.78, 5) is 0. The second kappa shape index (κ2) is 6.14. The minimum absolute atomic E-state index is 0.628. The van der Waals surface area contributed by atoms with Crippen LogP contribution in [0.25, 0.3) is 0 Å². The Hall–Kier alpha value is -1.42. The lowest BCUT2D eigenvalue weighted by atomic mass is 10.2. The predicted molar refractivity (Wildman–Crippen MR) is 52.1 cm³/mol. The summed E-state index contributed by atoms with van der Waals surface area (Å²) in [7, 11) is 0. The molecule has 0 saturated heterocycles. The first kappa shape index (κ1) is 9.67. The third-order valence-corrected chi connectivity index (χ3v) is 1.64. The monoisotopic (exact) mass is 178 g/mol. The van der Waals surface area contributed by atoms with Crippen LogP contribution in [-0.4, -0.2) is 13.1 Å². The first-order chi connectivity index (χ1) is 6.43. The molecule has 0 aliphatic heterocycles. The maximum absolute atomic E-state index is 4.85. The molecule has 0 radical (unpaired) electrons. The van der Waals surface area contributed by atoms with Crippen LogP contribution >= 0.6 is 0 Å². The van der Waals surface area contributed by atoms with Crippen LogP contribution in [0.2, 0.25) is 0 Å². The maximum atomic E-state index is 4.85. The second-order valence-corrected chi connectivity index (χ2v) is 2.64. The van der Waals surface area contributed by atoms with Gasteiger partial charge in [-0.3, -0.25) is 0 Å². The lowest BCUT2D eigenvalue weighted by Gasteiger charge is -2.01. The first-order valence-electron chi connectivity index (χ1n) is 4.25. The fourth-order valence-electron chi connectivity index (χ4n) is 1.02. The molecule has 0 amide bonds. The van der Waals surface area contributed by atoms with Crippen LogP contribution in [0.3, 0.4) is 0 Å². The van der Waals surface area contributed by atoms with E-state index in [9.17, 15) is 0 Å². The summed E-state index contributed by atoms with van der Waals surface area (Å²) in [5.74, 6) is 4.85. The summed E-state index contributed by atoms with van der Waals surface area (Å²) in [6, 6.07) is 10.2. The third kappa shape index (κ3) is 4.22. The lowest BCUT2D eigenvalue weighted by molar-refractivity contribution is 0.679. The summed E-state index contributed by atoms with van der Waals surface area (Å²) >= 11 is 0. The molecule has 0 atom stereocenters. The Labute approximate surface area is 77.8 Å². The van der Waals surface area contributed by atoms with Gasteiger partial charge in [0, 0.05) is 13.1 Å². The van der Waals surface area contributed by atoms with Crippen LogP contribution in [-0.2, 0) is 6.54 Å². The molecular weight excluding hydrogens is 164 g/mol. The molecule has 0 aromatic heterocycles. The molecule has 13 heavy (non-hydrogen) atoms. The Balaban J connectivity index is 2.13. The minimum Gasteiger partial charge on any atom is -0.311 e. The summed E-state index contributed by atoms with van der Waals surface area (Å²) in [6.07, 6.45) is 0. The Morgan fingerprint density at radius 1 is 1.23 bits per heavy atom. The zero-order valence-corrected chi connectivity index (χ0v) is 7.48. The largest absolute Gasteiger partial charge is 0.311 e. The molecule has 1 aromatic carbocycles. The van der Waals surface area contributed by atoms with Gasteiger partial charge in [0.05, 0.1) is 6.54 Å². The van der Waals surface area contributed by atoms with Gasteiger partial charge in [-0.15, -0.1) is 0 Å². The molecule has 4 nitrogen and oxygen atoms in total. The molecule has 0 aliphatic rings. The summed E-state index contributed by atoms with van der Waals surface area (Å²) in [5, 5.41) is 10.0. The molecule has 0 aliphatic carbocycles. The van der Waals surface area contributed by atoms with Gasteiger partial charge in [-0.25, -0.2) is 0 Å². The van der Waals surface area contributed by atoms with Gasteiger partial charge < -0.3 is 11.2 Å². The average molecular weight is 178 g/mol. The van der Waals surface area contributed by atoms with E-state index in [1.54, 1.807) is 0 Å². The number of hydrogen-bond donors (Lipinski definition) is 2. The van der Waals surface area contributed by atoms with E-state index in [2.05, 4.69) is 27.8 Å². The average Bonchev–Trinajstić information content (AvgIpc) is 2.19. The molecule has 4 heteroatoms. The van der Waals surface area contributed by atoms with Crippen molar-refractivity contribution in [3.05, 3.63) is 35.9 Å². The van der Waals surface area contributed by atoms with Crippen LogP contribution < -0.4 is 11.2 Å². The lowest BCUT2D eigenvalue weighted by Crippen LogP contribution is -2.16. The molecule has 0 spiro atoms. The van der Waals surface area contributed by atoms with Crippen molar-refractivity contribution >= 4 is 0 Å². The smallest absolute Gasteiger partial charge is 0.0744 e. The molecule has 0 saturated carbocycles. The Morgan fingerprint density at radius 2 is 2.00 bits per heavy atom. The van der Waals surface area contributed by atoms with E-state index in [0.29, 0.717) is 6.54 Å². The summed E-state index contributed by atoms with van der Waals surface area (Å²) in [5.41, 5.74) is 1.27. The Kier molecular flexibility index (Phi) is 4.56. The molecule has 0 unspecified atom stereocenters. The fraction of sp³-hybridized carbons (Fsp3) is 0.333. The molecule has 1 aromatic rings. The van der Waals surface area contributed by atoms with Gasteiger partial charge in [-0.1, -0.05) is 35.6 Å². The normalized spacial score (nSPS) is 10.8. The molecule has 70 valence electrons. The molecule has 0 heterocycles. The minimum atomic E-state index is 0.628. The van der Waals surface area contributed by atoms with Crippen LogP contribution in [0.15, 0.2) is 40.7 Å². The Bertz CT molecular complexity index is 245. The van der Waals surface area contributed by atoms with Gasteiger partial charge in [0.1, 0.15) is 0 Å². The van der Waals surface area contributed by atoms with Crippen LogP contribution in [0, 0.1) is 0 Å². The zero-order valence-electron chi connectivity index (χ0n) is 7.48. The Morgan fingerprint density at radius 3 is 2.69 bits per heavy atom. The van der Waals surface area contributed by atoms with Crippen LogP contribution in [0.1, 0.15) is 5.56 Å². The van der Waals surface area contributed by atoms with Crippen molar-refractivity contribution in [3.8, 4) is 0 Å². The van der Waals surface area contributed by atoms with E-state index in [-0.39, 0.29) is 0 Å². The molecule has 0 fully saturated rings. The number of rotatable bonds is 5. The highest BCUT2D eigenvalue weighted by molar-refractivity contribution is 5.14. The van der Waals surface area contributed by atoms with Crippen molar-refractivity contribution in [1.29, 1.82) is 0 Å². The van der Waals surface area contributed by atoms with E-state index < -0.39 is 0 Å². The standard InChI is InChI=1S/C9H14N4/c10-13-12-7-6-11-8-9-4-2-1-3-5-9/h1-5,11H,6-8H2,(H2,10,12). The predicted octanol–water partition coefficient (Wildman–Crippen LogP) is 1.10. The number of benzene rings is 1. The van der Waals surface area contributed by atoms with Gasteiger partial charge in [-0.05, 0) is 5.56 Å². The molecule has 1 rings (SSSR count). The van der Waals surface area contributed by atoms with E-state index in [4.69, 9.17) is 5.84 Å². The van der Waals surface area contributed by atoms with E-state index in [0.717, 1.165) is 13.1 Å². The highest BCUT2D eigenvalue weighted by Crippen LogP contribution is 1.96. The quantitative estimate of drug-likeness (QED) is 0.307. The molecule has 0 bridgehead atoms. The van der Waals surface area contributed by atoms with Gasteiger partial charge in [0.15, 0.2) is 0 Å². The summed E-state index contributed by atoms with van der Waals surface area (Å²) in [6.45, 7) is 2.29. The van der Waals surface area contributed by atoms with Gasteiger partial charge in [0.2, 0.25) is 0 Å². The van der Waals surface area contributed by atoms with Crippen LogP contribution in [0.5, 0.6) is 0 Å². The van der Waals surface area contributed by atoms with Gasteiger partial charge in [0.25, 0.3) is 0 Å². The first-order valence-corrected chi connectivity index (χ1v) is 4.25.